The fraction of sp³-hybridized carbons (Fsp3) is 0.302. The van der Waals surface area contributed by atoms with Gasteiger partial charge in [0.05, 0.1) is 12.2 Å². The van der Waals surface area contributed by atoms with Gasteiger partial charge in [-0.3, -0.25) is 9.59 Å². The highest BCUT2D eigenvalue weighted by atomic mass is 16.7. The highest BCUT2D eigenvalue weighted by Crippen LogP contribution is 2.46. The molecule has 10 atom stereocenters. The number of phenols is 8. The summed E-state index contributed by atoms with van der Waals surface area (Å²) in [7, 11) is 0. The van der Waals surface area contributed by atoms with E-state index in [4.69, 9.17) is 27.8 Å². The lowest BCUT2D eigenvalue weighted by Gasteiger charge is -2.38. The fourth-order valence-corrected chi connectivity index (χ4v) is 7.61. The van der Waals surface area contributed by atoms with E-state index in [2.05, 4.69) is 0 Å². The highest BCUT2D eigenvalue weighted by molar-refractivity contribution is 5.93. The molecule has 65 heavy (non-hydrogen) atoms. The molecule has 2 aliphatic heterocycles. The smallest absolute Gasteiger partial charge is 0.239 e. The van der Waals surface area contributed by atoms with Crippen molar-refractivity contribution in [2.24, 2.45) is 0 Å². The molecule has 0 unspecified atom stereocenters. The number of aliphatic hydroxyl groups is 6. The van der Waals surface area contributed by atoms with Crippen molar-refractivity contribution in [1.82, 2.24) is 0 Å². The summed E-state index contributed by atoms with van der Waals surface area (Å²) in [5.41, 5.74) is -4.86. The van der Waals surface area contributed by atoms with E-state index in [1.54, 1.807) is 0 Å². The topological polar surface area (TPSA) is 381 Å². The van der Waals surface area contributed by atoms with E-state index >= 15 is 0 Å². The number of aromatic hydroxyl groups is 8. The maximum Gasteiger partial charge on any atom is 0.239 e. The summed E-state index contributed by atoms with van der Waals surface area (Å²) in [6, 6.07) is 7.86. The van der Waals surface area contributed by atoms with E-state index in [0.717, 1.165) is 36.4 Å². The Bertz CT molecular complexity index is 2980. The molecule has 0 aliphatic carbocycles. The van der Waals surface area contributed by atoms with Crippen LogP contribution in [-0.2, 0) is 15.9 Å². The van der Waals surface area contributed by atoms with Crippen LogP contribution in [0.3, 0.4) is 0 Å². The molecule has 4 aromatic carbocycles. The Morgan fingerprint density at radius 2 is 0.954 bits per heavy atom. The van der Waals surface area contributed by atoms with Crippen molar-refractivity contribution < 1.29 is 99.3 Å². The number of rotatable bonds is 8. The van der Waals surface area contributed by atoms with E-state index in [-0.39, 0.29) is 11.1 Å². The molecule has 6 aromatic rings. The van der Waals surface area contributed by atoms with Crippen LogP contribution in [0.15, 0.2) is 67.0 Å². The van der Waals surface area contributed by atoms with Crippen molar-refractivity contribution in [3.63, 3.8) is 0 Å². The van der Waals surface area contributed by atoms with Crippen LogP contribution in [0.4, 0.5) is 0 Å². The molecule has 8 rings (SSSR count). The molecule has 0 saturated carbocycles. The van der Waals surface area contributed by atoms with Gasteiger partial charge in [-0.05, 0) is 50.2 Å². The third kappa shape index (κ3) is 7.56. The van der Waals surface area contributed by atoms with E-state index in [1.807, 2.05) is 0 Å². The minimum atomic E-state index is -1.97. The number of phenolic OH excluding ortho intramolecular Hbond substituents is 8. The molecule has 344 valence electrons. The Labute approximate surface area is 362 Å². The van der Waals surface area contributed by atoms with Gasteiger partial charge in [-0.25, -0.2) is 0 Å². The van der Waals surface area contributed by atoms with Gasteiger partial charge in [0.2, 0.25) is 34.9 Å². The first-order valence-corrected chi connectivity index (χ1v) is 19.5. The zero-order chi connectivity index (χ0) is 47.1. The number of ether oxygens (including phenoxy) is 4. The fourth-order valence-electron chi connectivity index (χ4n) is 7.61. The Hall–Kier alpha value is -7.02. The number of fused-ring (bicyclic) bond motifs is 2. The summed E-state index contributed by atoms with van der Waals surface area (Å²) in [6.45, 7) is 2.67. The van der Waals surface area contributed by atoms with Gasteiger partial charge in [0.25, 0.3) is 0 Å². The minimum Gasteiger partial charge on any atom is -0.507 e. The van der Waals surface area contributed by atoms with Crippen LogP contribution in [0.5, 0.6) is 57.5 Å². The van der Waals surface area contributed by atoms with Crippen molar-refractivity contribution in [3.05, 3.63) is 80.1 Å². The molecule has 2 aliphatic rings. The van der Waals surface area contributed by atoms with Crippen LogP contribution in [-0.4, -0.2) is 133 Å². The second kappa shape index (κ2) is 16.5. The first kappa shape index (κ1) is 44.6. The minimum absolute atomic E-state index is 0.124. The van der Waals surface area contributed by atoms with Crippen molar-refractivity contribution in [1.29, 1.82) is 0 Å². The number of benzene rings is 4. The molecule has 22 nitrogen and oxygen atoms in total. The van der Waals surface area contributed by atoms with Gasteiger partial charge in [-0.2, -0.15) is 0 Å². The molecular weight excluding hydrogens is 868 g/mol. The summed E-state index contributed by atoms with van der Waals surface area (Å²) in [6.07, 6.45) is -17.6. The average molecular weight is 909 g/mol. The normalized spacial score (nSPS) is 25.8. The lowest BCUT2D eigenvalue weighted by Crippen LogP contribution is -2.58. The van der Waals surface area contributed by atoms with E-state index in [0.29, 0.717) is 6.07 Å². The van der Waals surface area contributed by atoms with E-state index < -0.39 is 181 Å². The molecule has 4 heterocycles. The van der Waals surface area contributed by atoms with Crippen LogP contribution in [0.2, 0.25) is 0 Å². The second-order valence-electron chi connectivity index (χ2n) is 15.6. The molecule has 0 radical (unpaired) electrons. The summed E-state index contributed by atoms with van der Waals surface area (Å²) in [5.74, 6) is -8.81. The van der Waals surface area contributed by atoms with Crippen LogP contribution >= 0.6 is 0 Å². The zero-order valence-corrected chi connectivity index (χ0v) is 33.6. The largest absolute Gasteiger partial charge is 0.507 e. The quantitative estimate of drug-likeness (QED) is 0.0942. The molecule has 0 spiro atoms. The number of hydrogen-bond acceptors (Lipinski definition) is 22. The van der Waals surface area contributed by atoms with Gasteiger partial charge in [0, 0.05) is 40.8 Å². The summed E-state index contributed by atoms with van der Waals surface area (Å²) >= 11 is 0. The predicted molar refractivity (Wildman–Crippen MR) is 218 cm³/mol. The molecule has 2 fully saturated rings. The summed E-state index contributed by atoms with van der Waals surface area (Å²) in [5, 5.41) is 148. The van der Waals surface area contributed by atoms with Crippen molar-refractivity contribution >= 4 is 21.9 Å². The lowest BCUT2D eigenvalue weighted by atomic mass is 9.96. The van der Waals surface area contributed by atoms with Gasteiger partial charge in [-0.15, -0.1) is 0 Å². The predicted octanol–water partition coefficient (Wildman–Crippen LogP) is 0.882. The van der Waals surface area contributed by atoms with Gasteiger partial charge < -0.3 is 99.3 Å². The second-order valence-corrected chi connectivity index (χ2v) is 15.6. The van der Waals surface area contributed by atoms with Crippen LogP contribution in [0.1, 0.15) is 25.0 Å². The maximum atomic E-state index is 14.5. The summed E-state index contributed by atoms with van der Waals surface area (Å²) in [4.78, 5) is 28.9. The number of aliphatic hydroxyl groups excluding tert-OH is 6. The SMILES string of the molecule is C[C@@H]1O[C@@H](Oc2c(-c3ccc(O)c(O)c3)oc3cc(O)c(Cc4c(O)cc(O)c5c(=O)c(O[C@@H]6O[C@@H](C)[C@H](O)[C@@H](O)[C@H]6O)c(-c6ccc(O)c(O)c6)oc45)c(O)c3c2=O)[C@H](O)[C@H](O)[C@H]1O. The van der Waals surface area contributed by atoms with Crippen LogP contribution < -0.4 is 20.3 Å². The first-order chi connectivity index (χ1) is 30.7. The molecule has 0 bridgehead atoms. The Morgan fingerprint density at radius 3 is 1.45 bits per heavy atom. The molecule has 14 N–H and O–H groups in total. The van der Waals surface area contributed by atoms with Gasteiger partial charge in [0.1, 0.15) is 81.6 Å². The van der Waals surface area contributed by atoms with Gasteiger partial charge in [0.15, 0.2) is 34.5 Å². The van der Waals surface area contributed by atoms with Crippen molar-refractivity contribution in [3.8, 4) is 80.1 Å². The van der Waals surface area contributed by atoms with Crippen molar-refractivity contribution in [2.75, 3.05) is 0 Å². The van der Waals surface area contributed by atoms with Crippen LogP contribution in [0, 0.1) is 0 Å². The molecule has 2 aromatic heterocycles. The van der Waals surface area contributed by atoms with Crippen molar-refractivity contribution in [2.45, 2.75) is 81.7 Å². The lowest BCUT2D eigenvalue weighted by molar-refractivity contribution is -0.268. The Morgan fingerprint density at radius 1 is 0.492 bits per heavy atom. The van der Waals surface area contributed by atoms with Gasteiger partial charge >= 0.3 is 0 Å². The Kier molecular flexibility index (Phi) is 11.3. The zero-order valence-electron chi connectivity index (χ0n) is 33.6. The molecule has 0 amide bonds. The molecular formula is C43H40O22. The van der Waals surface area contributed by atoms with E-state index in [9.17, 15) is 81.1 Å². The Balaban J connectivity index is 1.31. The third-order valence-corrected chi connectivity index (χ3v) is 11.3. The van der Waals surface area contributed by atoms with Crippen LogP contribution in [0.25, 0.3) is 44.6 Å². The standard InChI is InChI=1S/C43H40O22/c1-12-28(51)33(56)35(58)42(60-12)64-40-31(54)26-24(50)10-20(46)17(39(26)63-38(40)15-4-6-19(45)23(49)8-15)9-16-21(47)11-25-27(30(16)53)32(55)41(37(62-25)14-3-5-18(44)22(48)7-14)65-43-36(59)34(57)29(52)13(2)61-43/h3-8,10-13,28-29,33-36,42-53,56-59H,9H2,1-2H3/t12-,13-,28-,29-,33+,34+,35+,36+,42-,43-/m0/s1. The van der Waals surface area contributed by atoms with Gasteiger partial charge in [-0.1, -0.05) is 0 Å². The summed E-state index contributed by atoms with van der Waals surface area (Å²) < 4.78 is 34.6. The van der Waals surface area contributed by atoms with E-state index in [1.165, 1.54) is 19.9 Å². The first-order valence-electron chi connectivity index (χ1n) is 19.5. The number of hydrogen-bond donors (Lipinski definition) is 14. The monoisotopic (exact) mass is 908 g/mol. The molecule has 22 heteroatoms. The average Bonchev–Trinajstić information content (AvgIpc) is 3.25. The third-order valence-electron chi connectivity index (χ3n) is 11.3. The maximum absolute atomic E-state index is 14.5. The molecule has 2 saturated heterocycles. The highest BCUT2D eigenvalue weighted by Gasteiger charge is 2.45.